The van der Waals surface area contributed by atoms with Crippen LogP contribution in [0.15, 0.2) is 18.2 Å². The van der Waals surface area contributed by atoms with Crippen LogP contribution in [0, 0.1) is 29.1 Å². The van der Waals surface area contributed by atoms with Crippen LogP contribution in [0.25, 0.3) is 0 Å². The molecular weight excluding hydrogens is 338 g/mol. The van der Waals surface area contributed by atoms with Gasteiger partial charge >= 0.3 is 0 Å². The number of hydrogen-bond donors (Lipinski definition) is 0. The highest BCUT2D eigenvalue weighted by atomic mass is 35.5. The molecule has 0 aliphatic rings. The van der Waals surface area contributed by atoms with E-state index in [0.29, 0.717) is 0 Å². The number of halogens is 7. The van der Waals surface area contributed by atoms with E-state index in [1.807, 2.05) is 0 Å². The van der Waals surface area contributed by atoms with Gasteiger partial charge in [0.25, 0.3) is 0 Å². The zero-order chi connectivity index (χ0) is 15.9. The van der Waals surface area contributed by atoms with Crippen LogP contribution in [0.3, 0.4) is 0 Å². The molecule has 0 aliphatic heterocycles. The average molecular weight is 341 g/mol. The van der Waals surface area contributed by atoms with E-state index in [1.165, 1.54) is 6.07 Å². The molecule has 0 aliphatic carbocycles. The van der Waals surface area contributed by atoms with Gasteiger partial charge in [-0.05, 0) is 18.2 Å². The second-order valence-electron chi connectivity index (χ2n) is 3.90. The zero-order valence-corrected chi connectivity index (χ0v) is 11.3. The highest BCUT2D eigenvalue weighted by molar-refractivity contribution is 6.37. The first-order valence-electron chi connectivity index (χ1n) is 5.27. The Kier molecular flexibility index (Phi) is 4.20. The summed E-state index contributed by atoms with van der Waals surface area (Å²) >= 11 is 11.3. The summed E-state index contributed by atoms with van der Waals surface area (Å²) in [6, 6.07) is 3.31. The molecule has 0 atom stereocenters. The Morgan fingerprint density at radius 2 is 1.29 bits per heavy atom. The molecule has 2 aromatic carbocycles. The van der Waals surface area contributed by atoms with Crippen molar-refractivity contribution in [2.45, 2.75) is 0 Å². The van der Waals surface area contributed by atoms with Crippen molar-refractivity contribution in [1.29, 1.82) is 0 Å². The van der Waals surface area contributed by atoms with Crippen LogP contribution >= 0.6 is 23.2 Å². The van der Waals surface area contributed by atoms with Crippen molar-refractivity contribution in [2.24, 2.45) is 0 Å². The van der Waals surface area contributed by atoms with Crippen molar-refractivity contribution >= 4 is 29.0 Å². The van der Waals surface area contributed by atoms with E-state index >= 15 is 0 Å². The summed E-state index contributed by atoms with van der Waals surface area (Å²) in [4.78, 5) is 12.0. The van der Waals surface area contributed by atoms with E-state index < -0.39 is 46.0 Å². The molecular formula is C13H3Cl2F5O. The van der Waals surface area contributed by atoms with Crippen LogP contribution in [0.5, 0.6) is 0 Å². The van der Waals surface area contributed by atoms with E-state index in [4.69, 9.17) is 23.2 Å². The smallest absolute Gasteiger partial charge is 0.200 e. The molecule has 0 bridgehead atoms. The number of carbonyl (C=O) groups excluding carboxylic acids is 1. The molecule has 8 heteroatoms. The lowest BCUT2D eigenvalue weighted by atomic mass is 10.0. The van der Waals surface area contributed by atoms with Crippen molar-refractivity contribution in [2.75, 3.05) is 0 Å². The molecule has 0 saturated carbocycles. The summed E-state index contributed by atoms with van der Waals surface area (Å²) in [5.41, 5.74) is -2.01. The van der Waals surface area contributed by atoms with Gasteiger partial charge in [-0.2, -0.15) is 0 Å². The second kappa shape index (κ2) is 5.61. The van der Waals surface area contributed by atoms with Crippen molar-refractivity contribution in [1.82, 2.24) is 0 Å². The molecule has 110 valence electrons. The van der Waals surface area contributed by atoms with Crippen molar-refractivity contribution in [3.63, 3.8) is 0 Å². The second-order valence-corrected chi connectivity index (χ2v) is 4.74. The molecule has 0 amide bonds. The van der Waals surface area contributed by atoms with Crippen molar-refractivity contribution < 1.29 is 26.7 Å². The molecule has 21 heavy (non-hydrogen) atoms. The fraction of sp³-hybridized carbons (Fsp3) is 0. The normalized spacial score (nSPS) is 10.8. The molecule has 0 N–H and O–H groups in total. The quantitative estimate of drug-likeness (QED) is 0.328. The molecule has 0 spiro atoms. The van der Waals surface area contributed by atoms with Crippen molar-refractivity contribution in [3.05, 3.63) is 68.5 Å². The minimum Gasteiger partial charge on any atom is -0.288 e. The molecule has 2 rings (SSSR count). The van der Waals surface area contributed by atoms with E-state index in [9.17, 15) is 26.7 Å². The Balaban J connectivity index is 2.70. The number of rotatable bonds is 2. The van der Waals surface area contributed by atoms with Gasteiger partial charge in [-0.15, -0.1) is 0 Å². The Morgan fingerprint density at radius 1 is 0.810 bits per heavy atom. The van der Waals surface area contributed by atoms with E-state index in [2.05, 4.69) is 0 Å². The van der Waals surface area contributed by atoms with Gasteiger partial charge in [0.05, 0.1) is 5.02 Å². The van der Waals surface area contributed by atoms with Gasteiger partial charge in [0.1, 0.15) is 5.56 Å². The van der Waals surface area contributed by atoms with Gasteiger partial charge in [0, 0.05) is 10.6 Å². The molecule has 2 aromatic rings. The highest BCUT2D eigenvalue weighted by Gasteiger charge is 2.30. The van der Waals surface area contributed by atoms with E-state index in [-0.39, 0.29) is 10.0 Å². The fourth-order valence-corrected chi connectivity index (χ4v) is 2.11. The minimum absolute atomic E-state index is 0.133. The van der Waals surface area contributed by atoms with Crippen LogP contribution in [0.4, 0.5) is 22.0 Å². The minimum atomic E-state index is -2.34. The Labute approximate surface area is 124 Å². The summed E-state index contributed by atoms with van der Waals surface area (Å²) in [6.45, 7) is 0. The maximum atomic E-state index is 13.5. The lowest BCUT2D eigenvalue weighted by Gasteiger charge is -2.08. The van der Waals surface area contributed by atoms with Gasteiger partial charge in [-0.3, -0.25) is 4.79 Å². The summed E-state index contributed by atoms with van der Waals surface area (Å²) in [5, 5.41) is -0.148. The van der Waals surface area contributed by atoms with Gasteiger partial charge < -0.3 is 0 Å². The largest absolute Gasteiger partial charge is 0.288 e. The molecule has 0 saturated heterocycles. The summed E-state index contributed by atoms with van der Waals surface area (Å²) < 4.78 is 66.1. The Hall–Kier alpha value is -1.66. The van der Waals surface area contributed by atoms with Crippen LogP contribution in [0.1, 0.15) is 15.9 Å². The molecule has 0 heterocycles. The van der Waals surface area contributed by atoms with E-state index in [0.717, 1.165) is 12.1 Å². The van der Waals surface area contributed by atoms with Crippen molar-refractivity contribution in [3.8, 4) is 0 Å². The lowest BCUT2D eigenvalue weighted by Crippen LogP contribution is -2.14. The standard InChI is InChI=1S/C13H3Cl2F5O/c14-4-1-2-5(6(15)3-4)13(21)7-8(16)10(18)12(20)11(19)9(7)17/h1-3H. The third-order valence-electron chi connectivity index (χ3n) is 2.61. The first kappa shape index (κ1) is 15.7. The summed E-state index contributed by atoms with van der Waals surface area (Å²) in [5.74, 6) is -12.6. The van der Waals surface area contributed by atoms with Crippen LogP contribution in [-0.4, -0.2) is 5.78 Å². The number of ketones is 1. The maximum absolute atomic E-state index is 13.5. The first-order valence-corrected chi connectivity index (χ1v) is 6.02. The lowest BCUT2D eigenvalue weighted by molar-refractivity contribution is 0.102. The van der Waals surface area contributed by atoms with Crippen LogP contribution in [-0.2, 0) is 0 Å². The van der Waals surface area contributed by atoms with Gasteiger partial charge in [0.15, 0.2) is 23.3 Å². The Morgan fingerprint density at radius 3 is 1.76 bits per heavy atom. The molecule has 0 unspecified atom stereocenters. The average Bonchev–Trinajstić information content (AvgIpc) is 2.43. The maximum Gasteiger partial charge on any atom is 0.200 e. The summed E-state index contributed by atoms with van der Waals surface area (Å²) in [7, 11) is 0. The fourth-order valence-electron chi connectivity index (χ4n) is 1.61. The van der Waals surface area contributed by atoms with Gasteiger partial charge in [-0.1, -0.05) is 23.2 Å². The van der Waals surface area contributed by atoms with Gasteiger partial charge in [0.2, 0.25) is 11.6 Å². The molecule has 1 nitrogen and oxygen atoms in total. The predicted octanol–water partition coefficient (Wildman–Crippen LogP) is 4.92. The number of hydrogen-bond acceptors (Lipinski definition) is 1. The predicted molar refractivity (Wildman–Crippen MR) is 66.1 cm³/mol. The Bertz CT molecular complexity index is 732. The van der Waals surface area contributed by atoms with E-state index in [1.54, 1.807) is 0 Å². The monoisotopic (exact) mass is 340 g/mol. The topological polar surface area (TPSA) is 17.1 Å². The van der Waals surface area contributed by atoms with Gasteiger partial charge in [-0.25, -0.2) is 22.0 Å². The molecule has 0 aromatic heterocycles. The molecule has 0 radical (unpaired) electrons. The third-order valence-corrected chi connectivity index (χ3v) is 3.16. The zero-order valence-electron chi connectivity index (χ0n) is 9.79. The number of carbonyl (C=O) groups is 1. The first-order chi connectivity index (χ1) is 9.75. The van der Waals surface area contributed by atoms with Crippen LogP contribution in [0.2, 0.25) is 10.0 Å². The third kappa shape index (κ3) is 2.61. The SMILES string of the molecule is O=C(c1ccc(Cl)cc1Cl)c1c(F)c(F)c(F)c(F)c1F. The summed E-state index contributed by atoms with van der Waals surface area (Å²) in [6.07, 6.45) is 0. The van der Waals surface area contributed by atoms with Crippen LogP contribution < -0.4 is 0 Å². The molecule has 0 fully saturated rings. The number of benzene rings is 2. The highest BCUT2D eigenvalue weighted by Crippen LogP contribution is 2.28.